The highest BCUT2D eigenvalue weighted by Crippen LogP contribution is 2.11. The summed E-state index contributed by atoms with van der Waals surface area (Å²) >= 11 is 0. The fraction of sp³-hybridized carbons (Fsp3) is 0.929. The van der Waals surface area contributed by atoms with Crippen LogP contribution in [0.25, 0.3) is 0 Å². The van der Waals surface area contributed by atoms with Gasteiger partial charge in [-0.3, -0.25) is 4.79 Å². The minimum Gasteiger partial charge on any atom is -0.480 e. The van der Waals surface area contributed by atoms with Gasteiger partial charge in [0.15, 0.2) is 0 Å². The fourth-order valence-electron chi connectivity index (χ4n) is 2.65. The van der Waals surface area contributed by atoms with Crippen LogP contribution >= 0.6 is 0 Å². The molecule has 5 heteroatoms. The smallest absolute Gasteiger partial charge is 0.320 e. The summed E-state index contributed by atoms with van der Waals surface area (Å²) in [6.45, 7) is 10.2. The summed E-state index contributed by atoms with van der Waals surface area (Å²) < 4.78 is 0. The molecule has 0 aromatic heterocycles. The van der Waals surface area contributed by atoms with Gasteiger partial charge < -0.3 is 20.2 Å². The SMILES string of the molecule is CCC1CN(CCC(NC(C)C)C(=O)O)CCN1C. The van der Waals surface area contributed by atoms with Gasteiger partial charge in [0.05, 0.1) is 0 Å². The normalized spacial score (nSPS) is 23.7. The quantitative estimate of drug-likeness (QED) is 0.719. The van der Waals surface area contributed by atoms with Crippen LogP contribution in [0.1, 0.15) is 33.6 Å². The maximum atomic E-state index is 11.2. The van der Waals surface area contributed by atoms with E-state index in [-0.39, 0.29) is 6.04 Å². The summed E-state index contributed by atoms with van der Waals surface area (Å²) in [4.78, 5) is 16.0. The summed E-state index contributed by atoms with van der Waals surface area (Å²) in [5, 5.41) is 12.3. The minimum absolute atomic E-state index is 0.206. The first-order chi connectivity index (χ1) is 8.93. The second-order valence-corrected chi connectivity index (χ2v) is 5.84. The highest BCUT2D eigenvalue weighted by molar-refractivity contribution is 5.73. The number of carbonyl (C=O) groups is 1. The molecule has 1 aliphatic heterocycles. The molecule has 0 amide bonds. The van der Waals surface area contributed by atoms with Gasteiger partial charge in [-0.05, 0) is 19.9 Å². The van der Waals surface area contributed by atoms with Gasteiger partial charge in [0.2, 0.25) is 0 Å². The number of hydrogen-bond donors (Lipinski definition) is 2. The Balaban J connectivity index is 2.39. The van der Waals surface area contributed by atoms with Crippen LogP contribution in [0, 0.1) is 0 Å². The van der Waals surface area contributed by atoms with Crippen molar-refractivity contribution in [3.05, 3.63) is 0 Å². The molecule has 2 atom stereocenters. The van der Waals surface area contributed by atoms with Crippen LogP contribution < -0.4 is 5.32 Å². The molecule has 0 radical (unpaired) electrons. The van der Waals surface area contributed by atoms with E-state index in [1.54, 1.807) is 0 Å². The largest absolute Gasteiger partial charge is 0.480 e. The summed E-state index contributed by atoms with van der Waals surface area (Å²) in [6, 6.07) is 0.381. The molecule has 112 valence electrons. The number of carboxylic acids is 1. The standard InChI is InChI=1S/C14H29N3O2/c1-5-12-10-17(9-8-16(12)4)7-6-13(14(18)19)15-11(2)3/h11-13,15H,5-10H2,1-4H3,(H,18,19). The van der Waals surface area contributed by atoms with Gasteiger partial charge in [0.1, 0.15) is 6.04 Å². The number of hydrogen-bond acceptors (Lipinski definition) is 4. The topological polar surface area (TPSA) is 55.8 Å². The predicted octanol–water partition coefficient (Wildman–Crippen LogP) is 0.854. The van der Waals surface area contributed by atoms with Crippen LogP contribution in [0.3, 0.4) is 0 Å². The van der Waals surface area contributed by atoms with Crippen molar-refractivity contribution < 1.29 is 9.90 Å². The van der Waals surface area contributed by atoms with Crippen molar-refractivity contribution in [1.82, 2.24) is 15.1 Å². The molecule has 1 saturated heterocycles. The number of aliphatic carboxylic acids is 1. The monoisotopic (exact) mass is 271 g/mol. The Bertz CT molecular complexity index is 284. The Hall–Kier alpha value is -0.650. The molecule has 2 unspecified atom stereocenters. The molecule has 0 aromatic rings. The molecular weight excluding hydrogens is 242 g/mol. The lowest BCUT2D eigenvalue weighted by molar-refractivity contribution is -0.140. The molecule has 0 aromatic carbocycles. The van der Waals surface area contributed by atoms with Crippen LogP contribution in [0.2, 0.25) is 0 Å². The Morgan fingerprint density at radius 2 is 2.11 bits per heavy atom. The van der Waals surface area contributed by atoms with Crippen molar-refractivity contribution in [2.24, 2.45) is 0 Å². The zero-order valence-corrected chi connectivity index (χ0v) is 12.7. The van der Waals surface area contributed by atoms with Crippen molar-refractivity contribution >= 4 is 5.97 Å². The molecular formula is C14H29N3O2. The first kappa shape index (κ1) is 16.4. The van der Waals surface area contributed by atoms with Gasteiger partial charge in [0, 0.05) is 38.3 Å². The summed E-state index contributed by atoms with van der Waals surface area (Å²) in [6.07, 6.45) is 1.83. The third kappa shape index (κ3) is 5.47. The lowest BCUT2D eigenvalue weighted by Gasteiger charge is -2.39. The Labute approximate surface area is 117 Å². The van der Waals surface area contributed by atoms with E-state index in [0.29, 0.717) is 12.5 Å². The first-order valence-electron chi connectivity index (χ1n) is 7.35. The second kappa shape index (κ2) is 7.82. The van der Waals surface area contributed by atoms with Crippen LogP contribution in [0.15, 0.2) is 0 Å². The molecule has 0 spiro atoms. The molecule has 1 fully saturated rings. The van der Waals surface area contributed by atoms with E-state index in [4.69, 9.17) is 0 Å². The van der Waals surface area contributed by atoms with Crippen LogP contribution in [-0.4, -0.2) is 72.2 Å². The van der Waals surface area contributed by atoms with Crippen molar-refractivity contribution in [2.45, 2.75) is 51.7 Å². The van der Waals surface area contributed by atoms with Crippen molar-refractivity contribution in [3.63, 3.8) is 0 Å². The zero-order valence-electron chi connectivity index (χ0n) is 12.7. The lowest BCUT2D eigenvalue weighted by Crippen LogP contribution is -2.52. The van der Waals surface area contributed by atoms with Gasteiger partial charge in [-0.15, -0.1) is 0 Å². The molecule has 0 aliphatic carbocycles. The van der Waals surface area contributed by atoms with Gasteiger partial charge in [0.25, 0.3) is 0 Å². The van der Waals surface area contributed by atoms with Gasteiger partial charge in [-0.2, -0.15) is 0 Å². The molecule has 1 aliphatic rings. The average Bonchev–Trinajstić information content (AvgIpc) is 2.35. The van der Waals surface area contributed by atoms with E-state index >= 15 is 0 Å². The molecule has 1 heterocycles. The molecule has 0 saturated carbocycles. The minimum atomic E-state index is -0.741. The molecule has 0 bridgehead atoms. The number of piperazine rings is 1. The van der Waals surface area contributed by atoms with Crippen LogP contribution in [0.4, 0.5) is 0 Å². The number of nitrogens with zero attached hydrogens (tertiary/aromatic N) is 2. The number of likely N-dealkylation sites (N-methyl/N-ethyl adjacent to an activating group) is 1. The number of rotatable bonds is 7. The third-order valence-corrected chi connectivity index (χ3v) is 3.90. The first-order valence-corrected chi connectivity index (χ1v) is 7.35. The fourth-order valence-corrected chi connectivity index (χ4v) is 2.65. The maximum Gasteiger partial charge on any atom is 0.320 e. The lowest BCUT2D eigenvalue weighted by atomic mass is 10.1. The summed E-state index contributed by atoms with van der Waals surface area (Å²) in [5.74, 6) is -0.741. The highest BCUT2D eigenvalue weighted by atomic mass is 16.4. The van der Waals surface area contributed by atoms with Gasteiger partial charge in [-0.1, -0.05) is 20.8 Å². The van der Waals surface area contributed by atoms with Crippen LogP contribution in [0.5, 0.6) is 0 Å². The molecule has 1 rings (SSSR count). The highest BCUT2D eigenvalue weighted by Gasteiger charge is 2.24. The Morgan fingerprint density at radius 1 is 1.42 bits per heavy atom. The molecule has 19 heavy (non-hydrogen) atoms. The number of carboxylic acid groups (broad SMARTS) is 1. The summed E-state index contributed by atoms with van der Waals surface area (Å²) in [5.41, 5.74) is 0. The van der Waals surface area contributed by atoms with E-state index in [1.807, 2.05) is 13.8 Å². The Morgan fingerprint density at radius 3 is 2.63 bits per heavy atom. The van der Waals surface area contributed by atoms with Gasteiger partial charge in [-0.25, -0.2) is 0 Å². The summed E-state index contributed by atoms with van der Waals surface area (Å²) in [7, 11) is 2.17. The van der Waals surface area contributed by atoms with Crippen molar-refractivity contribution in [1.29, 1.82) is 0 Å². The average molecular weight is 271 g/mol. The van der Waals surface area contributed by atoms with Crippen LogP contribution in [-0.2, 0) is 4.79 Å². The Kier molecular flexibility index (Phi) is 6.75. The van der Waals surface area contributed by atoms with Crippen molar-refractivity contribution in [3.8, 4) is 0 Å². The molecule has 2 N–H and O–H groups in total. The van der Waals surface area contributed by atoms with Gasteiger partial charge >= 0.3 is 5.97 Å². The van der Waals surface area contributed by atoms with E-state index in [2.05, 4.69) is 29.1 Å². The third-order valence-electron chi connectivity index (χ3n) is 3.90. The van der Waals surface area contributed by atoms with E-state index in [0.717, 1.165) is 32.6 Å². The van der Waals surface area contributed by atoms with E-state index in [1.165, 1.54) is 0 Å². The maximum absolute atomic E-state index is 11.2. The predicted molar refractivity (Wildman–Crippen MR) is 77.5 cm³/mol. The number of nitrogens with one attached hydrogen (secondary N) is 1. The van der Waals surface area contributed by atoms with Crippen molar-refractivity contribution in [2.75, 3.05) is 33.2 Å². The van der Waals surface area contributed by atoms with E-state index < -0.39 is 12.0 Å². The zero-order chi connectivity index (χ0) is 14.4. The van der Waals surface area contributed by atoms with E-state index in [9.17, 15) is 9.90 Å². The second-order valence-electron chi connectivity index (χ2n) is 5.84. The molecule has 5 nitrogen and oxygen atoms in total.